The quantitative estimate of drug-likeness (QED) is 0.493. The van der Waals surface area contributed by atoms with E-state index in [-0.39, 0.29) is 0 Å². The first-order chi connectivity index (χ1) is 15.4. The van der Waals surface area contributed by atoms with Crippen LogP contribution < -0.4 is 5.32 Å². The van der Waals surface area contributed by atoms with Crippen LogP contribution in [-0.4, -0.2) is 52.4 Å². The van der Waals surface area contributed by atoms with E-state index in [1.54, 1.807) is 24.1 Å². The molecule has 0 spiro atoms. The van der Waals surface area contributed by atoms with Crippen LogP contribution in [0.5, 0.6) is 0 Å². The van der Waals surface area contributed by atoms with Crippen LogP contribution in [0.15, 0.2) is 66.2 Å². The Labute approximate surface area is 183 Å². The van der Waals surface area contributed by atoms with Crippen molar-refractivity contribution in [1.29, 1.82) is 0 Å². The van der Waals surface area contributed by atoms with E-state index in [9.17, 15) is 13.2 Å². The minimum Gasteiger partial charge on any atom is -0.370 e. The third kappa shape index (κ3) is 5.08. The average Bonchev–Trinajstić information content (AvgIpc) is 3.35. The normalized spacial score (nSPS) is 17.4. The summed E-state index contributed by atoms with van der Waals surface area (Å²) in [7, 11) is 1.69. The Morgan fingerprint density at radius 3 is 2.72 bits per heavy atom. The van der Waals surface area contributed by atoms with Gasteiger partial charge in [0, 0.05) is 20.1 Å². The number of guanidine groups is 1. The van der Waals surface area contributed by atoms with Gasteiger partial charge in [0.25, 0.3) is 0 Å². The van der Waals surface area contributed by atoms with Gasteiger partial charge in [-0.15, -0.1) is 0 Å². The molecule has 32 heavy (non-hydrogen) atoms. The fourth-order valence-corrected chi connectivity index (χ4v) is 3.58. The molecule has 0 bridgehead atoms. The maximum atomic E-state index is 13.1. The summed E-state index contributed by atoms with van der Waals surface area (Å²) >= 11 is 0. The van der Waals surface area contributed by atoms with Gasteiger partial charge >= 0.3 is 6.18 Å². The number of ether oxygens (including phenoxy) is 1. The summed E-state index contributed by atoms with van der Waals surface area (Å²) in [6, 6.07) is 13.2. The van der Waals surface area contributed by atoms with Crippen molar-refractivity contribution in [3.05, 3.63) is 77.9 Å². The summed E-state index contributed by atoms with van der Waals surface area (Å²) in [5.41, 5.74) is 1.79. The highest BCUT2D eigenvalue weighted by Gasteiger charge is 2.32. The first kappa shape index (κ1) is 21.8. The first-order valence-electron chi connectivity index (χ1n) is 10.1. The molecule has 1 N–H and O–H groups in total. The number of aliphatic imine (C=N–C) groups is 1. The van der Waals surface area contributed by atoms with E-state index in [1.807, 2.05) is 29.2 Å². The largest absolute Gasteiger partial charge is 0.416 e. The summed E-state index contributed by atoms with van der Waals surface area (Å²) < 4.78 is 46.7. The second-order valence-electron chi connectivity index (χ2n) is 7.34. The lowest BCUT2D eigenvalue weighted by molar-refractivity contribution is -0.137. The standard InChI is InChI=1S/C22H23F3N6O/c1-26-21(28-12-16-5-7-19(8-6-16)31-15-27-14-29-31)30-9-10-32-20(13-30)17-3-2-4-18(11-17)22(23,24)25/h2-8,11,14-15,20H,9-10,12-13H2,1H3,(H,26,28). The zero-order chi connectivity index (χ0) is 22.6. The molecular weight excluding hydrogens is 421 g/mol. The van der Waals surface area contributed by atoms with Crippen molar-refractivity contribution in [2.45, 2.75) is 18.8 Å². The van der Waals surface area contributed by atoms with Crippen LogP contribution in [0.4, 0.5) is 13.2 Å². The summed E-state index contributed by atoms with van der Waals surface area (Å²) in [6.07, 6.45) is -1.74. The molecular formula is C22H23F3N6O. The highest BCUT2D eigenvalue weighted by atomic mass is 19.4. The fraction of sp³-hybridized carbons (Fsp3) is 0.318. The molecule has 4 rings (SSSR count). The van der Waals surface area contributed by atoms with Crippen molar-refractivity contribution in [2.75, 3.05) is 26.7 Å². The Hall–Kier alpha value is -3.40. The van der Waals surface area contributed by atoms with Gasteiger partial charge in [0.05, 0.1) is 24.4 Å². The number of morpholine rings is 1. The van der Waals surface area contributed by atoms with Gasteiger partial charge in [-0.05, 0) is 35.4 Å². The van der Waals surface area contributed by atoms with E-state index in [1.165, 1.54) is 12.4 Å². The SMILES string of the molecule is CN=C(NCc1ccc(-n2cncn2)cc1)N1CCOC(c2cccc(C(F)(F)F)c2)C1. The van der Waals surface area contributed by atoms with E-state index in [4.69, 9.17) is 4.74 Å². The number of hydrogen-bond donors (Lipinski definition) is 1. The molecule has 0 aliphatic carbocycles. The lowest BCUT2D eigenvalue weighted by atomic mass is 10.0. The summed E-state index contributed by atoms with van der Waals surface area (Å²) in [6.45, 7) is 1.96. The number of hydrogen-bond acceptors (Lipinski definition) is 4. The van der Waals surface area contributed by atoms with Crippen LogP contribution in [0.2, 0.25) is 0 Å². The third-order valence-electron chi connectivity index (χ3n) is 5.23. The molecule has 1 fully saturated rings. The molecule has 1 aliphatic rings. The van der Waals surface area contributed by atoms with Crippen LogP contribution in [0.3, 0.4) is 0 Å². The lowest BCUT2D eigenvalue weighted by Crippen LogP contribution is -2.48. The first-order valence-corrected chi connectivity index (χ1v) is 10.1. The molecule has 0 radical (unpaired) electrons. The molecule has 1 atom stereocenters. The second-order valence-corrected chi connectivity index (χ2v) is 7.34. The molecule has 1 aromatic heterocycles. The number of rotatable bonds is 4. The summed E-state index contributed by atoms with van der Waals surface area (Å²) in [5, 5.41) is 7.43. The minimum absolute atomic E-state index is 0.397. The van der Waals surface area contributed by atoms with Gasteiger partial charge in [-0.3, -0.25) is 4.99 Å². The predicted octanol–water partition coefficient (Wildman–Crippen LogP) is 3.44. The molecule has 7 nitrogen and oxygen atoms in total. The number of aromatic nitrogens is 3. The van der Waals surface area contributed by atoms with Gasteiger partial charge in [0.1, 0.15) is 18.8 Å². The van der Waals surface area contributed by atoms with Crippen LogP contribution in [0, 0.1) is 0 Å². The van der Waals surface area contributed by atoms with E-state index < -0.39 is 17.8 Å². The molecule has 1 saturated heterocycles. The van der Waals surface area contributed by atoms with E-state index in [2.05, 4.69) is 20.4 Å². The monoisotopic (exact) mass is 444 g/mol. The topological polar surface area (TPSA) is 67.6 Å². The maximum absolute atomic E-state index is 13.1. The molecule has 0 saturated carbocycles. The number of benzene rings is 2. The Balaban J connectivity index is 1.39. The van der Waals surface area contributed by atoms with Crippen molar-refractivity contribution in [3.63, 3.8) is 0 Å². The van der Waals surface area contributed by atoms with Crippen molar-refractivity contribution in [3.8, 4) is 5.69 Å². The van der Waals surface area contributed by atoms with Crippen molar-refractivity contribution >= 4 is 5.96 Å². The second kappa shape index (κ2) is 9.39. The number of nitrogens with one attached hydrogen (secondary N) is 1. The molecule has 1 unspecified atom stereocenters. The third-order valence-corrected chi connectivity index (χ3v) is 5.23. The highest BCUT2D eigenvalue weighted by Crippen LogP contribution is 2.32. The molecule has 2 heterocycles. The van der Waals surface area contributed by atoms with Crippen molar-refractivity contribution in [1.82, 2.24) is 25.0 Å². The van der Waals surface area contributed by atoms with Gasteiger partial charge in [-0.2, -0.15) is 18.3 Å². The number of nitrogens with zero attached hydrogens (tertiary/aromatic N) is 5. The molecule has 168 valence electrons. The molecule has 3 aromatic rings. The zero-order valence-electron chi connectivity index (χ0n) is 17.5. The van der Waals surface area contributed by atoms with E-state index in [0.717, 1.165) is 23.4 Å². The predicted molar refractivity (Wildman–Crippen MR) is 113 cm³/mol. The zero-order valence-corrected chi connectivity index (χ0v) is 17.5. The van der Waals surface area contributed by atoms with Crippen LogP contribution >= 0.6 is 0 Å². The molecule has 10 heteroatoms. The smallest absolute Gasteiger partial charge is 0.370 e. The molecule has 2 aromatic carbocycles. The van der Waals surface area contributed by atoms with Gasteiger partial charge < -0.3 is 15.0 Å². The van der Waals surface area contributed by atoms with Gasteiger partial charge in [0.15, 0.2) is 5.96 Å². The maximum Gasteiger partial charge on any atom is 0.416 e. The number of halogens is 3. The van der Waals surface area contributed by atoms with Crippen LogP contribution in [0.25, 0.3) is 5.69 Å². The summed E-state index contributed by atoms with van der Waals surface area (Å²) in [5.74, 6) is 0.672. The Morgan fingerprint density at radius 2 is 2.03 bits per heavy atom. The van der Waals surface area contributed by atoms with Gasteiger partial charge in [-0.25, -0.2) is 9.67 Å². The average molecular weight is 444 g/mol. The van der Waals surface area contributed by atoms with Gasteiger partial charge in [0.2, 0.25) is 0 Å². The van der Waals surface area contributed by atoms with Crippen LogP contribution in [0.1, 0.15) is 22.8 Å². The molecule has 0 amide bonds. The van der Waals surface area contributed by atoms with E-state index >= 15 is 0 Å². The fourth-order valence-electron chi connectivity index (χ4n) is 3.58. The molecule has 1 aliphatic heterocycles. The van der Waals surface area contributed by atoms with Gasteiger partial charge in [-0.1, -0.05) is 24.3 Å². The summed E-state index contributed by atoms with van der Waals surface area (Å²) in [4.78, 5) is 10.3. The lowest BCUT2D eigenvalue weighted by Gasteiger charge is -2.35. The minimum atomic E-state index is -4.38. The highest BCUT2D eigenvalue weighted by molar-refractivity contribution is 5.80. The Bertz CT molecular complexity index is 1050. The van der Waals surface area contributed by atoms with Crippen LogP contribution in [-0.2, 0) is 17.5 Å². The van der Waals surface area contributed by atoms with E-state index in [0.29, 0.717) is 37.8 Å². The Kier molecular flexibility index (Phi) is 6.40. The Morgan fingerprint density at radius 1 is 1.22 bits per heavy atom. The number of alkyl halides is 3. The van der Waals surface area contributed by atoms with Crippen molar-refractivity contribution < 1.29 is 17.9 Å². The van der Waals surface area contributed by atoms with Crippen molar-refractivity contribution in [2.24, 2.45) is 4.99 Å².